The Morgan fingerprint density at radius 1 is 0.897 bits per heavy atom. The zero-order chi connectivity index (χ0) is 21.4. The molecule has 0 saturated carbocycles. The summed E-state index contributed by atoms with van der Waals surface area (Å²) in [6.45, 7) is 0.950. The van der Waals surface area contributed by atoms with Crippen LogP contribution in [-0.2, 0) is 19.1 Å². The third kappa shape index (κ3) is 7.21. The number of hydrogen-bond acceptors (Lipinski definition) is 5. The molecule has 29 heavy (non-hydrogen) atoms. The maximum atomic E-state index is 11.9. The lowest BCUT2D eigenvalue weighted by atomic mass is 10.1. The molecule has 152 valence electrons. The number of anilines is 2. The molecule has 0 heterocycles. The van der Waals surface area contributed by atoms with Gasteiger partial charge in [0.2, 0.25) is 5.91 Å². The van der Waals surface area contributed by atoms with Crippen molar-refractivity contribution in [3.63, 3.8) is 0 Å². The number of ether oxygens (including phenoxy) is 1. The second-order valence-corrected chi connectivity index (χ2v) is 6.78. The van der Waals surface area contributed by atoms with E-state index in [-0.39, 0.29) is 23.6 Å². The van der Waals surface area contributed by atoms with Gasteiger partial charge >= 0.3 is 5.97 Å². The Kier molecular flexibility index (Phi) is 8.18. The van der Waals surface area contributed by atoms with Crippen molar-refractivity contribution in [2.45, 2.75) is 19.8 Å². The summed E-state index contributed by atoms with van der Waals surface area (Å²) in [4.78, 5) is 46.7. The van der Waals surface area contributed by atoms with Crippen molar-refractivity contribution in [1.82, 2.24) is 0 Å². The Labute approximate surface area is 177 Å². The predicted molar refractivity (Wildman–Crippen MR) is 110 cm³/mol. The fraction of sp³-hybridized carbons (Fsp3) is 0.200. The molecule has 2 aromatic carbocycles. The van der Waals surface area contributed by atoms with Gasteiger partial charge in [0.05, 0.1) is 22.2 Å². The standard InChI is InChI=1S/C20H18Cl2N2O5/c1-12(25)13-5-7-14(8-6-13)23-18(27)11-29-19(28)10-9-17(26)24-16-4-2-3-15(21)20(16)22/h2-8H,9-11H2,1H3,(H,23,27)(H,24,26). The highest BCUT2D eigenvalue weighted by Crippen LogP contribution is 2.29. The summed E-state index contributed by atoms with van der Waals surface area (Å²) in [7, 11) is 0. The first-order valence-electron chi connectivity index (χ1n) is 8.56. The summed E-state index contributed by atoms with van der Waals surface area (Å²) in [6.07, 6.45) is -0.347. The number of carbonyl (C=O) groups excluding carboxylic acids is 4. The van der Waals surface area contributed by atoms with Crippen molar-refractivity contribution in [2.75, 3.05) is 17.2 Å². The van der Waals surface area contributed by atoms with Gasteiger partial charge in [0, 0.05) is 17.7 Å². The van der Waals surface area contributed by atoms with Crippen LogP contribution in [0.15, 0.2) is 42.5 Å². The van der Waals surface area contributed by atoms with Crippen LogP contribution in [0.2, 0.25) is 10.0 Å². The molecule has 2 aromatic rings. The topological polar surface area (TPSA) is 102 Å². The van der Waals surface area contributed by atoms with E-state index in [1.165, 1.54) is 6.92 Å². The fourth-order valence-electron chi connectivity index (χ4n) is 2.23. The van der Waals surface area contributed by atoms with Gasteiger partial charge in [0.1, 0.15) is 0 Å². The van der Waals surface area contributed by atoms with Crippen molar-refractivity contribution in [3.8, 4) is 0 Å². The molecule has 0 fully saturated rings. The van der Waals surface area contributed by atoms with Crippen molar-refractivity contribution >= 4 is 58.1 Å². The van der Waals surface area contributed by atoms with Crippen LogP contribution < -0.4 is 10.6 Å². The molecule has 0 saturated heterocycles. The molecule has 2 rings (SSSR count). The van der Waals surface area contributed by atoms with Crippen molar-refractivity contribution in [3.05, 3.63) is 58.1 Å². The van der Waals surface area contributed by atoms with Crippen LogP contribution in [0.5, 0.6) is 0 Å². The summed E-state index contributed by atoms with van der Waals surface area (Å²) in [5.41, 5.74) is 1.33. The van der Waals surface area contributed by atoms with Gasteiger partial charge < -0.3 is 15.4 Å². The average molecular weight is 437 g/mol. The summed E-state index contributed by atoms with van der Waals surface area (Å²) in [5.74, 6) is -1.76. The number of hydrogen-bond donors (Lipinski definition) is 2. The minimum atomic E-state index is -0.695. The first-order valence-corrected chi connectivity index (χ1v) is 9.32. The Bertz CT molecular complexity index is 929. The first kappa shape index (κ1) is 22.4. The van der Waals surface area contributed by atoms with Gasteiger partial charge in [-0.25, -0.2) is 0 Å². The average Bonchev–Trinajstić information content (AvgIpc) is 2.68. The second-order valence-electron chi connectivity index (χ2n) is 5.99. The van der Waals surface area contributed by atoms with Gasteiger partial charge in [-0.05, 0) is 43.3 Å². The maximum Gasteiger partial charge on any atom is 0.306 e. The van der Waals surface area contributed by atoms with E-state index in [1.807, 2.05) is 0 Å². The fourth-order valence-corrected chi connectivity index (χ4v) is 2.58. The summed E-state index contributed by atoms with van der Waals surface area (Å²) >= 11 is 11.8. The molecule has 0 aromatic heterocycles. The lowest BCUT2D eigenvalue weighted by Crippen LogP contribution is -2.21. The van der Waals surface area contributed by atoms with E-state index in [1.54, 1.807) is 42.5 Å². The van der Waals surface area contributed by atoms with E-state index in [2.05, 4.69) is 10.6 Å². The monoisotopic (exact) mass is 436 g/mol. The number of carbonyl (C=O) groups is 4. The minimum absolute atomic E-state index is 0.0847. The normalized spacial score (nSPS) is 10.2. The number of benzene rings is 2. The van der Waals surface area contributed by atoms with Crippen LogP contribution in [0.3, 0.4) is 0 Å². The molecule has 0 aliphatic carbocycles. The highest BCUT2D eigenvalue weighted by atomic mass is 35.5. The first-order chi connectivity index (χ1) is 13.8. The van der Waals surface area contributed by atoms with Crippen LogP contribution in [-0.4, -0.2) is 30.2 Å². The van der Waals surface area contributed by atoms with Crippen LogP contribution in [0.1, 0.15) is 30.1 Å². The summed E-state index contributed by atoms with van der Waals surface area (Å²) < 4.78 is 4.85. The summed E-state index contributed by atoms with van der Waals surface area (Å²) in [6, 6.07) is 11.1. The van der Waals surface area contributed by atoms with Crippen molar-refractivity contribution in [2.24, 2.45) is 0 Å². The number of halogens is 2. The minimum Gasteiger partial charge on any atom is -0.456 e. The van der Waals surface area contributed by atoms with Gasteiger partial charge in [0.15, 0.2) is 12.4 Å². The van der Waals surface area contributed by atoms with Crippen LogP contribution in [0.25, 0.3) is 0 Å². The summed E-state index contributed by atoms with van der Waals surface area (Å²) in [5, 5.41) is 5.59. The molecule has 0 unspecified atom stereocenters. The van der Waals surface area contributed by atoms with E-state index >= 15 is 0 Å². The highest BCUT2D eigenvalue weighted by molar-refractivity contribution is 6.44. The Morgan fingerprint density at radius 3 is 2.24 bits per heavy atom. The zero-order valence-corrected chi connectivity index (χ0v) is 17.0. The van der Waals surface area contributed by atoms with Crippen molar-refractivity contribution in [1.29, 1.82) is 0 Å². The largest absolute Gasteiger partial charge is 0.456 e. The molecular formula is C20H18Cl2N2O5. The van der Waals surface area contributed by atoms with Crippen LogP contribution in [0.4, 0.5) is 11.4 Å². The van der Waals surface area contributed by atoms with Gasteiger partial charge in [-0.2, -0.15) is 0 Å². The number of amides is 2. The molecule has 7 nitrogen and oxygen atoms in total. The number of esters is 1. The molecular weight excluding hydrogens is 419 g/mol. The van der Waals surface area contributed by atoms with Gasteiger partial charge in [-0.1, -0.05) is 29.3 Å². The van der Waals surface area contributed by atoms with Gasteiger partial charge in [0.25, 0.3) is 5.91 Å². The molecule has 9 heteroatoms. The molecule has 0 radical (unpaired) electrons. The molecule has 0 aliphatic heterocycles. The van der Waals surface area contributed by atoms with Gasteiger partial charge in [-0.15, -0.1) is 0 Å². The molecule has 0 aliphatic rings. The molecule has 0 atom stereocenters. The Morgan fingerprint density at radius 2 is 1.59 bits per heavy atom. The Balaban J connectivity index is 1.72. The number of rotatable bonds is 8. The van der Waals surface area contributed by atoms with E-state index in [0.717, 1.165) is 0 Å². The van der Waals surface area contributed by atoms with E-state index in [4.69, 9.17) is 27.9 Å². The molecule has 0 bridgehead atoms. The second kappa shape index (κ2) is 10.6. The van der Waals surface area contributed by atoms with E-state index in [0.29, 0.717) is 22.0 Å². The molecule has 2 amide bonds. The lowest BCUT2D eigenvalue weighted by molar-refractivity contribution is -0.147. The third-order valence-electron chi connectivity index (χ3n) is 3.72. The third-order valence-corrected chi connectivity index (χ3v) is 4.54. The highest BCUT2D eigenvalue weighted by Gasteiger charge is 2.13. The Hall–Kier alpha value is -2.90. The maximum absolute atomic E-state index is 11.9. The number of Topliss-reactive ketones (excluding diaryl/α,β-unsaturated/α-hetero) is 1. The quantitative estimate of drug-likeness (QED) is 0.479. The van der Waals surface area contributed by atoms with Crippen molar-refractivity contribution < 1.29 is 23.9 Å². The lowest BCUT2D eigenvalue weighted by Gasteiger charge is -2.09. The van der Waals surface area contributed by atoms with E-state index < -0.39 is 24.4 Å². The van der Waals surface area contributed by atoms with Gasteiger partial charge in [-0.3, -0.25) is 19.2 Å². The smallest absolute Gasteiger partial charge is 0.306 e. The zero-order valence-electron chi connectivity index (χ0n) is 15.5. The predicted octanol–water partition coefficient (Wildman–Crippen LogP) is 4.10. The van der Waals surface area contributed by atoms with Crippen LogP contribution >= 0.6 is 23.2 Å². The molecule has 0 spiro atoms. The SMILES string of the molecule is CC(=O)c1ccc(NC(=O)COC(=O)CCC(=O)Nc2cccc(Cl)c2Cl)cc1. The van der Waals surface area contributed by atoms with E-state index in [9.17, 15) is 19.2 Å². The van der Waals surface area contributed by atoms with Crippen LogP contribution in [0, 0.1) is 0 Å². The number of nitrogens with one attached hydrogen (secondary N) is 2. The number of ketones is 1. The molecule has 2 N–H and O–H groups in total.